The van der Waals surface area contributed by atoms with Crippen molar-refractivity contribution in [1.29, 1.82) is 0 Å². The summed E-state index contributed by atoms with van der Waals surface area (Å²) >= 11 is 0. The number of carbonyl (C=O) groups excluding carboxylic acids is 3. The number of benzene rings is 2. The zero-order valence-electron chi connectivity index (χ0n) is 15.8. The van der Waals surface area contributed by atoms with E-state index in [4.69, 9.17) is 4.74 Å². The van der Waals surface area contributed by atoms with Crippen LogP contribution in [0.3, 0.4) is 0 Å². The predicted octanol–water partition coefficient (Wildman–Crippen LogP) is 3.16. The lowest BCUT2D eigenvalue weighted by Gasteiger charge is -2.23. The van der Waals surface area contributed by atoms with Crippen molar-refractivity contribution in [2.24, 2.45) is 0 Å². The van der Waals surface area contributed by atoms with Gasteiger partial charge >= 0.3 is 5.97 Å². The van der Waals surface area contributed by atoms with Gasteiger partial charge in [-0.2, -0.15) is 0 Å². The summed E-state index contributed by atoms with van der Waals surface area (Å²) in [5, 5.41) is 2.74. The van der Waals surface area contributed by atoms with Crippen LogP contribution in [0.4, 0.5) is 5.69 Å². The highest BCUT2D eigenvalue weighted by Gasteiger charge is 2.20. The molecule has 27 heavy (non-hydrogen) atoms. The van der Waals surface area contributed by atoms with Gasteiger partial charge in [0.2, 0.25) is 5.91 Å². The molecule has 0 unspecified atom stereocenters. The lowest BCUT2D eigenvalue weighted by atomic mass is 10.1. The lowest BCUT2D eigenvalue weighted by Crippen LogP contribution is -2.36. The standard InChI is InChI=1S/C21H24N2O4/c1-4-19(24)22-18-11-7-10-16(12-18)21(26)23(14-20(25)27-3)13-17-9-6-5-8-15(17)2/h5-12H,4,13-14H2,1-3H3,(H,22,24). The number of aryl methyl sites for hydroxylation is 1. The van der Waals surface area contributed by atoms with Gasteiger partial charge < -0.3 is 15.0 Å². The van der Waals surface area contributed by atoms with E-state index in [1.165, 1.54) is 12.0 Å². The largest absolute Gasteiger partial charge is 0.468 e. The number of hydrogen-bond donors (Lipinski definition) is 1. The molecule has 0 fully saturated rings. The summed E-state index contributed by atoms with van der Waals surface area (Å²) in [6, 6.07) is 14.4. The third-order valence-electron chi connectivity index (χ3n) is 4.17. The van der Waals surface area contributed by atoms with Gasteiger partial charge in [-0.15, -0.1) is 0 Å². The zero-order chi connectivity index (χ0) is 19.8. The summed E-state index contributed by atoms with van der Waals surface area (Å²) in [5.74, 6) is -0.936. The number of rotatable bonds is 7. The first-order chi connectivity index (χ1) is 12.9. The van der Waals surface area contributed by atoms with Crippen LogP contribution in [0.1, 0.15) is 34.8 Å². The molecule has 2 aromatic carbocycles. The van der Waals surface area contributed by atoms with Crippen molar-refractivity contribution in [2.75, 3.05) is 19.0 Å². The fourth-order valence-corrected chi connectivity index (χ4v) is 2.57. The topological polar surface area (TPSA) is 75.7 Å². The normalized spacial score (nSPS) is 10.2. The lowest BCUT2D eigenvalue weighted by molar-refractivity contribution is -0.141. The summed E-state index contributed by atoms with van der Waals surface area (Å²) in [6.45, 7) is 3.84. The molecule has 6 heteroatoms. The van der Waals surface area contributed by atoms with Crippen molar-refractivity contribution in [3.63, 3.8) is 0 Å². The smallest absolute Gasteiger partial charge is 0.325 e. The van der Waals surface area contributed by atoms with Crippen LogP contribution in [-0.2, 0) is 20.9 Å². The van der Waals surface area contributed by atoms with E-state index in [0.717, 1.165) is 11.1 Å². The average Bonchev–Trinajstić information content (AvgIpc) is 2.68. The van der Waals surface area contributed by atoms with Crippen molar-refractivity contribution < 1.29 is 19.1 Å². The van der Waals surface area contributed by atoms with Crippen molar-refractivity contribution >= 4 is 23.5 Å². The Kier molecular flexibility index (Phi) is 7.11. The van der Waals surface area contributed by atoms with Gasteiger partial charge in [-0.05, 0) is 36.2 Å². The van der Waals surface area contributed by atoms with E-state index in [1.54, 1.807) is 31.2 Å². The van der Waals surface area contributed by atoms with E-state index < -0.39 is 5.97 Å². The Balaban J connectivity index is 2.27. The number of anilines is 1. The summed E-state index contributed by atoms with van der Waals surface area (Å²) in [4.78, 5) is 37.9. The molecule has 2 rings (SSSR count). The van der Waals surface area contributed by atoms with Crippen LogP contribution in [-0.4, -0.2) is 36.3 Å². The SMILES string of the molecule is CCC(=O)Nc1cccc(C(=O)N(CC(=O)OC)Cc2ccccc2C)c1. The molecule has 2 aromatic rings. The van der Waals surface area contributed by atoms with Gasteiger partial charge in [0.05, 0.1) is 7.11 Å². The first kappa shape index (κ1) is 20.2. The number of nitrogens with one attached hydrogen (secondary N) is 1. The van der Waals surface area contributed by atoms with Gasteiger partial charge in [0.25, 0.3) is 5.91 Å². The molecule has 0 spiro atoms. The van der Waals surface area contributed by atoms with Crippen LogP contribution in [0.25, 0.3) is 0 Å². The molecule has 1 N–H and O–H groups in total. The minimum absolute atomic E-state index is 0.133. The predicted molar refractivity (Wildman–Crippen MR) is 103 cm³/mol. The van der Waals surface area contributed by atoms with E-state index in [0.29, 0.717) is 17.7 Å². The fourth-order valence-electron chi connectivity index (χ4n) is 2.57. The molecule has 0 bridgehead atoms. The van der Waals surface area contributed by atoms with Gasteiger partial charge in [0, 0.05) is 24.2 Å². The molecule has 0 aliphatic heterocycles. The highest BCUT2D eigenvalue weighted by Crippen LogP contribution is 2.17. The summed E-state index contributed by atoms with van der Waals surface area (Å²) in [5.41, 5.74) is 2.91. The molecular formula is C21H24N2O4. The summed E-state index contributed by atoms with van der Waals surface area (Å²) < 4.78 is 4.74. The molecule has 0 aliphatic carbocycles. The van der Waals surface area contributed by atoms with Crippen LogP contribution in [0.5, 0.6) is 0 Å². The maximum Gasteiger partial charge on any atom is 0.325 e. The van der Waals surface area contributed by atoms with E-state index in [1.807, 2.05) is 31.2 Å². The summed E-state index contributed by atoms with van der Waals surface area (Å²) in [7, 11) is 1.29. The van der Waals surface area contributed by atoms with Crippen molar-refractivity contribution in [3.8, 4) is 0 Å². The van der Waals surface area contributed by atoms with Crippen molar-refractivity contribution in [1.82, 2.24) is 4.90 Å². The molecule has 142 valence electrons. The second-order valence-electron chi connectivity index (χ2n) is 6.15. The quantitative estimate of drug-likeness (QED) is 0.762. The molecule has 0 heterocycles. The first-order valence-corrected chi connectivity index (χ1v) is 8.75. The van der Waals surface area contributed by atoms with Gasteiger partial charge in [0.1, 0.15) is 6.54 Å². The number of amides is 2. The Morgan fingerprint density at radius 1 is 1.07 bits per heavy atom. The molecule has 6 nitrogen and oxygen atoms in total. The van der Waals surface area contributed by atoms with Crippen LogP contribution in [0, 0.1) is 6.92 Å². The minimum Gasteiger partial charge on any atom is -0.468 e. The molecular weight excluding hydrogens is 344 g/mol. The average molecular weight is 368 g/mol. The van der Waals surface area contributed by atoms with E-state index in [-0.39, 0.29) is 24.9 Å². The Labute approximate surface area is 159 Å². The fraction of sp³-hybridized carbons (Fsp3) is 0.286. The number of hydrogen-bond acceptors (Lipinski definition) is 4. The molecule has 0 radical (unpaired) electrons. The number of methoxy groups -OCH3 is 1. The first-order valence-electron chi connectivity index (χ1n) is 8.75. The Morgan fingerprint density at radius 3 is 2.48 bits per heavy atom. The van der Waals surface area contributed by atoms with Gasteiger partial charge in [-0.1, -0.05) is 37.3 Å². The third kappa shape index (κ3) is 5.67. The number of nitrogens with zero attached hydrogens (tertiary/aromatic N) is 1. The molecule has 2 amide bonds. The Bertz CT molecular complexity index is 832. The Hall–Kier alpha value is -3.15. The minimum atomic E-state index is -0.493. The Morgan fingerprint density at radius 2 is 1.81 bits per heavy atom. The molecule has 0 saturated carbocycles. The number of esters is 1. The van der Waals surface area contributed by atoms with E-state index in [9.17, 15) is 14.4 Å². The number of ether oxygens (including phenoxy) is 1. The molecule has 0 aromatic heterocycles. The van der Waals surface area contributed by atoms with E-state index >= 15 is 0 Å². The molecule has 0 aliphatic rings. The monoisotopic (exact) mass is 368 g/mol. The van der Waals surface area contributed by atoms with Gasteiger partial charge in [0.15, 0.2) is 0 Å². The highest BCUT2D eigenvalue weighted by atomic mass is 16.5. The molecule has 0 saturated heterocycles. The summed E-state index contributed by atoms with van der Waals surface area (Å²) in [6.07, 6.45) is 0.347. The highest BCUT2D eigenvalue weighted by molar-refractivity contribution is 5.98. The zero-order valence-corrected chi connectivity index (χ0v) is 15.8. The maximum absolute atomic E-state index is 13.0. The molecule has 0 atom stereocenters. The van der Waals surface area contributed by atoms with Gasteiger partial charge in [-0.3, -0.25) is 14.4 Å². The number of carbonyl (C=O) groups is 3. The van der Waals surface area contributed by atoms with Gasteiger partial charge in [-0.25, -0.2) is 0 Å². The van der Waals surface area contributed by atoms with Crippen LogP contribution in [0.2, 0.25) is 0 Å². The van der Waals surface area contributed by atoms with Crippen LogP contribution in [0.15, 0.2) is 48.5 Å². The van der Waals surface area contributed by atoms with Crippen molar-refractivity contribution in [3.05, 3.63) is 65.2 Å². The second-order valence-corrected chi connectivity index (χ2v) is 6.15. The maximum atomic E-state index is 13.0. The third-order valence-corrected chi connectivity index (χ3v) is 4.17. The van der Waals surface area contributed by atoms with Crippen LogP contribution < -0.4 is 5.32 Å². The van der Waals surface area contributed by atoms with E-state index in [2.05, 4.69) is 5.32 Å². The van der Waals surface area contributed by atoms with Crippen LogP contribution >= 0.6 is 0 Å². The second kappa shape index (κ2) is 9.52. The van der Waals surface area contributed by atoms with Crippen molar-refractivity contribution in [2.45, 2.75) is 26.8 Å².